The van der Waals surface area contributed by atoms with E-state index in [1.807, 2.05) is 13.8 Å². The number of carbonyl (C=O) groups is 2. The number of amides is 2. The van der Waals surface area contributed by atoms with Crippen molar-refractivity contribution in [1.82, 2.24) is 14.7 Å². The Morgan fingerprint density at radius 3 is 2.26 bits per heavy atom. The summed E-state index contributed by atoms with van der Waals surface area (Å²) in [6.45, 7) is 7.01. The fourth-order valence-corrected chi connectivity index (χ4v) is 3.34. The van der Waals surface area contributed by atoms with Gasteiger partial charge in [0.1, 0.15) is 0 Å². The first-order valence-corrected chi connectivity index (χ1v) is 9.53. The molecule has 0 atom stereocenters. The second-order valence-corrected chi connectivity index (χ2v) is 6.88. The van der Waals surface area contributed by atoms with E-state index in [9.17, 15) is 9.59 Å². The largest absolute Gasteiger partial charge is 0.325 e. The van der Waals surface area contributed by atoms with Crippen molar-refractivity contribution >= 4 is 23.2 Å². The molecule has 2 N–H and O–H groups in total. The Kier molecular flexibility index (Phi) is 6.24. The first-order valence-electron chi connectivity index (χ1n) is 9.53. The smallest absolute Gasteiger partial charge is 0.259 e. The number of aryl methyl sites for hydroxylation is 1. The SMILES string of the molecule is CCn1ncc(C(=O)Nc2ccc(NC(=O)CN3CCCCC3)cc2)c1C. The van der Waals surface area contributed by atoms with E-state index >= 15 is 0 Å². The molecule has 1 aliphatic heterocycles. The van der Waals surface area contributed by atoms with Crippen LogP contribution in [0.4, 0.5) is 11.4 Å². The van der Waals surface area contributed by atoms with E-state index in [1.165, 1.54) is 6.42 Å². The number of aromatic nitrogens is 2. The van der Waals surface area contributed by atoms with Crippen LogP contribution >= 0.6 is 0 Å². The van der Waals surface area contributed by atoms with Crippen molar-refractivity contribution in [1.29, 1.82) is 0 Å². The third-order valence-electron chi connectivity index (χ3n) is 4.89. The van der Waals surface area contributed by atoms with E-state index < -0.39 is 0 Å². The number of nitrogens with one attached hydrogen (secondary N) is 2. The van der Waals surface area contributed by atoms with Crippen LogP contribution in [-0.2, 0) is 11.3 Å². The van der Waals surface area contributed by atoms with E-state index in [0.717, 1.165) is 43.9 Å². The standard InChI is InChI=1S/C20H27N5O2/c1-3-25-15(2)18(13-21-25)20(27)23-17-9-7-16(8-10-17)22-19(26)14-24-11-5-4-6-12-24/h7-10,13H,3-6,11-12,14H2,1-2H3,(H,22,26)(H,23,27). The number of carbonyl (C=O) groups excluding carboxylic acids is 2. The Morgan fingerprint density at radius 2 is 1.67 bits per heavy atom. The fourth-order valence-electron chi connectivity index (χ4n) is 3.34. The number of piperidine rings is 1. The van der Waals surface area contributed by atoms with Crippen LogP contribution in [0.15, 0.2) is 30.5 Å². The highest BCUT2D eigenvalue weighted by Crippen LogP contribution is 2.16. The van der Waals surface area contributed by atoms with E-state index in [4.69, 9.17) is 0 Å². The molecule has 1 aliphatic rings. The molecule has 2 aromatic rings. The maximum Gasteiger partial charge on any atom is 0.259 e. The van der Waals surface area contributed by atoms with Crippen molar-refractivity contribution in [2.24, 2.45) is 0 Å². The van der Waals surface area contributed by atoms with Gasteiger partial charge in [-0.3, -0.25) is 19.2 Å². The van der Waals surface area contributed by atoms with Crippen molar-refractivity contribution in [2.45, 2.75) is 39.7 Å². The number of rotatable bonds is 6. The molecule has 27 heavy (non-hydrogen) atoms. The van der Waals surface area contributed by atoms with Crippen molar-refractivity contribution in [2.75, 3.05) is 30.3 Å². The van der Waals surface area contributed by atoms with Gasteiger partial charge in [0.2, 0.25) is 5.91 Å². The summed E-state index contributed by atoms with van der Waals surface area (Å²) in [5.41, 5.74) is 2.81. The van der Waals surface area contributed by atoms with Crippen molar-refractivity contribution in [3.8, 4) is 0 Å². The summed E-state index contributed by atoms with van der Waals surface area (Å²) in [6.07, 6.45) is 5.17. The maximum absolute atomic E-state index is 12.4. The summed E-state index contributed by atoms with van der Waals surface area (Å²) >= 11 is 0. The van der Waals surface area contributed by atoms with Crippen LogP contribution in [0, 0.1) is 6.92 Å². The van der Waals surface area contributed by atoms with Gasteiger partial charge >= 0.3 is 0 Å². The molecule has 1 aromatic heterocycles. The average Bonchev–Trinajstić information content (AvgIpc) is 3.04. The Labute approximate surface area is 159 Å². The Morgan fingerprint density at radius 1 is 1.04 bits per heavy atom. The molecule has 2 amide bonds. The first-order chi connectivity index (χ1) is 13.1. The third kappa shape index (κ3) is 4.95. The lowest BCUT2D eigenvalue weighted by atomic mass is 10.1. The molecule has 2 heterocycles. The molecular weight excluding hydrogens is 342 g/mol. The molecule has 0 spiro atoms. The number of likely N-dealkylation sites (tertiary alicyclic amines) is 1. The molecule has 1 aromatic carbocycles. The molecule has 1 fully saturated rings. The molecule has 0 unspecified atom stereocenters. The minimum Gasteiger partial charge on any atom is -0.325 e. The van der Waals surface area contributed by atoms with Gasteiger partial charge in [-0.25, -0.2) is 0 Å². The molecule has 7 nitrogen and oxygen atoms in total. The summed E-state index contributed by atoms with van der Waals surface area (Å²) in [5, 5.41) is 9.98. The summed E-state index contributed by atoms with van der Waals surface area (Å²) in [6, 6.07) is 7.17. The fraction of sp³-hybridized carbons (Fsp3) is 0.450. The molecule has 7 heteroatoms. The zero-order valence-corrected chi connectivity index (χ0v) is 16.0. The van der Waals surface area contributed by atoms with E-state index in [2.05, 4.69) is 20.6 Å². The first kappa shape index (κ1) is 19.1. The number of hydrogen-bond acceptors (Lipinski definition) is 4. The number of nitrogens with zero attached hydrogens (tertiary/aromatic N) is 3. The second kappa shape index (κ2) is 8.81. The minimum atomic E-state index is -0.186. The van der Waals surface area contributed by atoms with Gasteiger partial charge in [-0.1, -0.05) is 6.42 Å². The zero-order chi connectivity index (χ0) is 19.2. The summed E-state index contributed by atoms with van der Waals surface area (Å²) < 4.78 is 1.79. The Hall–Kier alpha value is -2.67. The monoisotopic (exact) mass is 369 g/mol. The van der Waals surface area contributed by atoms with Gasteiger partial charge in [0, 0.05) is 23.6 Å². The van der Waals surface area contributed by atoms with Crippen LogP contribution in [0.3, 0.4) is 0 Å². The van der Waals surface area contributed by atoms with Gasteiger partial charge in [-0.15, -0.1) is 0 Å². The molecule has 1 saturated heterocycles. The van der Waals surface area contributed by atoms with Gasteiger partial charge in [-0.05, 0) is 64.0 Å². The molecule has 0 saturated carbocycles. The van der Waals surface area contributed by atoms with Gasteiger partial charge in [0.15, 0.2) is 0 Å². The highest BCUT2D eigenvalue weighted by atomic mass is 16.2. The van der Waals surface area contributed by atoms with Gasteiger partial charge in [0.25, 0.3) is 5.91 Å². The highest BCUT2D eigenvalue weighted by Gasteiger charge is 2.15. The Balaban J connectivity index is 1.54. The van der Waals surface area contributed by atoms with Crippen LogP contribution < -0.4 is 10.6 Å². The predicted octanol–water partition coefficient (Wildman–Crippen LogP) is 2.89. The number of anilines is 2. The molecule has 0 bridgehead atoms. The number of benzene rings is 1. The lowest BCUT2D eigenvalue weighted by Crippen LogP contribution is -2.36. The summed E-state index contributed by atoms with van der Waals surface area (Å²) in [7, 11) is 0. The molecule has 0 radical (unpaired) electrons. The van der Waals surface area contributed by atoms with Crippen LogP contribution in [0.5, 0.6) is 0 Å². The lowest BCUT2D eigenvalue weighted by Gasteiger charge is -2.25. The minimum absolute atomic E-state index is 0.00344. The van der Waals surface area contributed by atoms with Gasteiger partial charge in [-0.2, -0.15) is 5.10 Å². The van der Waals surface area contributed by atoms with E-state index in [0.29, 0.717) is 17.8 Å². The van der Waals surface area contributed by atoms with Crippen molar-refractivity contribution in [3.63, 3.8) is 0 Å². The topological polar surface area (TPSA) is 79.3 Å². The molecular formula is C20H27N5O2. The molecule has 3 rings (SSSR count). The highest BCUT2D eigenvalue weighted by molar-refractivity contribution is 6.05. The lowest BCUT2D eigenvalue weighted by molar-refractivity contribution is -0.117. The maximum atomic E-state index is 12.4. The normalized spacial score (nSPS) is 14.7. The zero-order valence-electron chi connectivity index (χ0n) is 16.0. The average molecular weight is 369 g/mol. The third-order valence-corrected chi connectivity index (χ3v) is 4.89. The van der Waals surface area contributed by atoms with Crippen molar-refractivity contribution in [3.05, 3.63) is 41.7 Å². The van der Waals surface area contributed by atoms with E-state index in [-0.39, 0.29) is 11.8 Å². The van der Waals surface area contributed by atoms with Gasteiger partial charge in [0.05, 0.1) is 18.3 Å². The molecule has 144 valence electrons. The predicted molar refractivity (Wildman–Crippen MR) is 106 cm³/mol. The molecule has 0 aliphatic carbocycles. The van der Waals surface area contributed by atoms with Crippen LogP contribution in [0.25, 0.3) is 0 Å². The summed E-state index contributed by atoms with van der Waals surface area (Å²) in [4.78, 5) is 26.8. The Bertz CT molecular complexity index is 791. The summed E-state index contributed by atoms with van der Waals surface area (Å²) in [5.74, 6) is -0.189. The van der Waals surface area contributed by atoms with Crippen LogP contribution in [0.2, 0.25) is 0 Å². The van der Waals surface area contributed by atoms with Crippen LogP contribution in [-0.4, -0.2) is 46.1 Å². The number of hydrogen-bond donors (Lipinski definition) is 2. The van der Waals surface area contributed by atoms with Gasteiger partial charge < -0.3 is 10.6 Å². The van der Waals surface area contributed by atoms with Crippen LogP contribution in [0.1, 0.15) is 42.2 Å². The van der Waals surface area contributed by atoms with Crippen molar-refractivity contribution < 1.29 is 9.59 Å². The second-order valence-electron chi connectivity index (χ2n) is 6.88. The van der Waals surface area contributed by atoms with E-state index in [1.54, 1.807) is 35.1 Å². The quantitative estimate of drug-likeness (QED) is 0.821.